The van der Waals surface area contributed by atoms with Gasteiger partial charge in [-0.25, -0.2) is 9.67 Å². The zero-order chi connectivity index (χ0) is 23.6. The van der Waals surface area contributed by atoms with Gasteiger partial charge < -0.3 is 20.3 Å². The fourth-order valence-corrected chi connectivity index (χ4v) is 3.51. The fraction of sp³-hybridized carbons (Fsp3) is 0.385. The Hall–Kier alpha value is -2.59. The van der Waals surface area contributed by atoms with Gasteiger partial charge in [-0.05, 0) is 70.3 Å². The molecule has 0 bridgehead atoms. The molecule has 34 heavy (non-hydrogen) atoms. The van der Waals surface area contributed by atoms with E-state index in [1.807, 2.05) is 43.9 Å². The summed E-state index contributed by atoms with van der Waals surface area (Å²) in [6, 6.07) is 18.5. The van der Waals surface area contributed by atoms with Crippen molar-refractivity contribution in [1.82, 2.24) is 25.3 Å². The van der Waals surface area contributed by atoms with Gasteiger partial charge in [0.2, 0.25) is 0 Å². The van der Waals surface area contributed by atoms with Gasteiger partial charge in [-0.2, -0.15) is 5.10 Å². The zero-order valence-electron chi connectivity index (χ0n) is 20.8. The predicted molar refractivity (Wildman–Crippen MR) is 151 cm³/mol. The molecule has 0 saturated carbocycles. The van der Waals surface area contributed by atoms with Crippen molar-refractivity contribution < 1.29 is 4.74 Å². The molecule has 0 radical (unpaired) electrons. The van der Waals surface area contributed by atoms with Crippen LogP contribution in [0.5, 0.6) is 5.75 Å². The van der Waals surface area contributed by atoms with Gasteiger partial charge in [-0.15, -0.1) is 24.0 Å². The third-order valence-corrected chi connectivity index (χ3v) is 5.15. The van der Waals surface area contributed by atoms with Crippen LogP contribution in [0.25, 0.3) is 5.69 Å². The number of para-hydroxylation sites is 1. The van der Waals surface area contributed by atoms with Crippen molar-refractivity contribution in [3.05, 3.63) is 77.1 Å². The van der Waals surface area contributed by atoms with E-state index in [1.54, 1.807) is 0 Å². The number of guanidine groups is 1. The second-order valence-corrected chi connectivity index (χ2v) is 8.32. The van der Waals surface area contributed by atoms with E-state index in [0.29, 0.717) is 19.7 Å². The van der Waals surface area contributed by atoms with Gasteiger partial charge in [-0.3, -0.25) is 0 Å². The molecule has 2 aromatic carbocycles. The maximum atomic E-state index is 5.85. The smallest absolute Gasteiger partial charge is 0.191 e. The molecule has 0 aliphatic carbocycles. The molecule has 184 valence electrons. The van der Waals surface area contributed by atoms with Crippen molar-refractivity contribution >= 4 is 29.9 Å². The van der Waals surface area contributed by atoms with Crippen LogP contribution in [-0.4, -0.2) is 54.4 Å². The molecule has 0 spiro atoms. The van der Waals surface area contributed by atoms with Crippen LogP contribution in [0.3, 0.4) is 0 Å². The molecule has 0 fully saturated rings. The van der Waals surface area contributed by atoms with Gasteiger partial charge in [0, 0.05) is 25.3 Å². The SMILES string of the molecule is CCNC(=NCc1cccc(OCCN(C)C)c1)NCc1ccccc1-n1nc(C)cc1C.I. The average molecular weight is 577 g/mol. The molecular formula is C26H37IN6O. The number of nitrogens with one attached hydrogen (secondary N) is 2. The normalized spacial score (nSPS) is 11.3. The highest BCUT2D eigenvalue weighted by atomic mass is 127. The molecule has 0 unspecified atom stereocenters. The average Bonchev–Trinajstić information content (AvgIpc) is 3.13. The Morgan fingerprint density at radius 1 is 1.06 bits per heavy atom. The van der Waals surface area contributed by atoms with Crippen LogP contribution in [0.1, 0.15) is 29.4 Å². The van der Waals surface area contributed by atoms with Gasteiger partial charge in [0.05, 0.1) is 17.9 Å². The predicted octanol–water partition coefficient (Wildman–Crippen LogP) is 4.30. The quantitative estimate of drug-likeness (QED) is 0.214. The van der Waals surface area contributed by atoms with Gasteiger partial charge >= 0.3 is 0 Å². The van der Waals surface area contributed by atoms with E-state index < -0.39 is 0 Å². The van der Waals surface area contributed by atoms with Crippen molar-refractivity contribution in [2.45, 2.75) is 33.9 Å². The summed E-state index contributed by atoms with van der Waals surface area (Å²) in [7, 11) is 4.08. The maximum absolute atomic E-state index is 5.85. The van der Waals surface area contributed by atoms with Crippen molar-refractivity contribution in [3.8, 4) is 11.4 Å². The lowest BCUT2D eigenvalue weighted by molar-refractivity contribution is 0.261. The van der Waals surface area contributed by atoms with E-state index >= 15 is 0 Å². The molecule has 0 saturated heterocycles. The molecule has 7 nitrogen and oxygen atoms in total. The Balaban J connectivity index is 0.00000408. The van der Waals surface area contributed by atoms with Crippen molar-refractivity contribution in [3.63, 3.8) is 0 Å². The third-order valence-electron chi connectivity index (χ3n) is 5.15. The Kier molecular flexibility index (Phi) is 11.4. The number of halogens is 1. The van der Waals surface area contributed by atoms with Crippen LogP contribution in [0, 0.1) is 13.8 Å². The summed E-state index contributed by atoms with van der Waals surface area (Å²) in [5.74, 6) is 1.65. The van der Waals surface area contributed by atoms with E-state index in [9.17, 15) is 0 Å². The summed E-state index contributed by atoms with van der Waals surface area (Å²) >= 11 is 0. The molecular weight excluding hydrogens is 539 g/mol. The van der Waals surface area contributed by atoms with E-state index in [0.717, 1.165) is 53.0 Å². The van der Waals surface area contributed by atoms with Gasteiger partial charge in [0.1, 0.15) is 12.4 Å². The van der Waals surface area contributed by atoms with Gasteiger partial charge in [0.15, 0.2) is 5.96 Å². The standard InChI is InChI=1S/C26H36N6O.HI/c1-6-27-26(28-18-22-10-9-12-24(17-22)33-15-14-31(4)5)29-19-23-11-7-8-13-25(23)32-21(3)16-20(2)30-32;/h7-13,16-17H,6,14-15,18-19H2,1-5H3,(H2,27,28,29);1H. The monoisotopic (exact) mass is 576 g/mol. The van der Waals surface area contributed by atoms with Crippen LogP contribution in [0.4, 0.5) is 0 Å². The van der Waals surface area contributed by atoms with Crippen LogP contribution in [0.15, 0.2) is 59.6 Å². The first kappa shape index (κ1) is 27.7. The van der Waals surface area contributed by atoms with E-state index in [-0.39, 0.29) is 24.0 Å². The summed E-state index contributed by atoms with van der Waals surface area (Å²) in [6.45, 7) is 9.72. The number of aryl methyl sites for hydroxylation is 2. The van der Waals surface area contributed by atoms with Gasteiger partial charge in [-0.1, -0.05) is 30.3 Å². The molecule has 2 N–H and O–H groups in total. The minimum atomic E-state index is 0. The summed E-state index contributed by atoms with van der Waals surface area (Å²) in [4.78, 5) is 6.89. The number of likely N-dealkylation sites (N-methyl/N-ethyl adjacent to an activating group) is 1. The molecule has 0 aliphatic heterocycles. The number of aromatic nitrogens is 2. The Labute approximate surface area is 220 Å². The van der Waals surface area contributed by atoms with Crippen molar-refractivity contribution in [2.24, 2.45) is 4.99 Å². The van der Waals surface area contributed by atoms with E-state index in [4.69, 9.17) is 9.73 Å². The first-order valence-corrected chi connectivity index (χ1v) is 11.5. The number of nitrogens with zero attached hydrogens (tertiary/aromatic N) is 4. The molecule has 0 aliphatic rings. The molecule has 0 atom stereocenters. The summed E-state index contributed by atoms with van der Waals surface area (Å²) in [5.41, 5.74) is 5.48. The summed E-state index contributed by atoms with van der Waals surface area (Å²) in [6.07, 6.45) is 0. The lowest BCUT2D eigenvalue weighted by atomic mass is 10.1. The lowest BCUT2D eigenvalue weighted by Crippen LogP contribution is -2.37. The minimum Gasteiger partial charge on any atom is -0.492 e. The van der Waals surface area contributed by atoms with Crippen LogP contribution < -0.4 is 15.4 Å². The third kappa shape index (κ3) is 8.32. The highest BCUT2D eigenvalue weighted by Crippen LogP contribution is 2.17. The molecule has 8 heteroatoms. The van der Waals surface area contributed by atoms with Crippen LogP contribution in [0.2, 0.25) is 0 Å². The summed E-state index contributed by atoms with van der Waals surface area (Å²) in [5, 5.41) is 11.5. The molecule has 0 amide bonds. The maximum Gasteiger partial charge on any atom is 0.191 e. The first-order chi connectivity index (χ1) is 16.0. The van der Waals surface area contributed by atoms with Crippen molar-refractivity contribution in [1.29, 1.82) is 0 Å². The number of hydrogen-bond acceptors (Lipinski definition) is 4. The second-order valence-electron chi connectivity index (χ2n) is 8.32. The van der Waals surface area contributed by atoms with E-state index in [1.165, 1.54) is 0 Å². The fourth-order valence-electron chi connectivity index (χ4n) is 3.51. The van der Waals surface area contributed by atoms with Crippen LogP contribution in [-0.2, 0) is 13.1 Å². The number of hydrogen-bond donors (Lipinski definition) is 2. The molecule has 1 aromatic heterocycles. The van der Waals surface area contributed by atoms with E-state index in [2.05, 4.69) is 70.9 Å². The molecule has 1 heterocycles. The molecule has 3 aromatic rings. The number of rotatable bonds is 10. The molecule has 3 rings (SSSR count). The Bertz CT molecular complexity index is 1060. The minimum absolute atomic E-state index is 0. The Morgan fingerprint density at radius 2 is 1.85 bits per heavy atom. The first-order valence-electron chi connectivity index (χ1n) is 11.5. The number of benzene rings is 2. The highest BCUT2D eigenvalue weighted by Gasteiger charge is 2.09. The lowest BCUT2D eigenvalue weighted by Gasteiger charge is -2.15. The highest BCUT2D eigenvalue weighted by molar-refractivity contribution is 14.0. The second kappa shape index (κ2) is 14.0. The summed E-state index contributed by atoms with van der Waals surface area (Å²) < 4.78 is 7.85. The Morgan fingerprint density at radius 3 is 2.56 bits per heavy atom. The number of aliphatic imine (C=N–C) groups is 1. The zero-order valence-corrected chi connectivity index (χ0v) is 23.2. The topological polar surface area (TPSA) is 66.7 Å². The van der Waals surface area contributed by atoms with Crippen molar-refractivity contribution in [2.75, 3.05) is 33.8 Å². The largest absolute Gasteiger partial charge is 0.492 e. The number of ether oxygens (including phenoxy) is 1. The van der Waals surface area contributed by atoms with Gasteiger partial charge in [0.25, 0.3) is 0 Å². The van der Waals surface area contributed by atoms with Crippen LogP contribution >= 0.6 is 24.0 Å².